The molecule has 2 heterocycles. The maximum absolute atomic E-state index is 13.0. The van der Waals surface area contributed by atoms with Gasteiger partial charge in [-0.05, 0) is 31.0 Å². The van der Waals surface area contributed by atoms with Crippen LogP contribution in [0.1, 0.15) is 28.9 Å². The molecule has 6 nitrogen and oxygen atoms in total. The first-order valence-electron chi connectivity index (χ1n) is 10.5. The highest BCUT2D eigenvalue weighted by molar-refractivity contribution is 6.07. The summed E-state index contributed by atoms with van der Waals surface area (Å²) in [5, 5.41) is 0.903. The van der Waals surface area contributed by atoms with Gasteiger partial charge in [-0.2, -0.15) is 0 Å². The van der Waals surface area contributed by atoms with Crippen LogP contribution in [0.5, 0.6) is 0 Å². The van der Waals surface area contributed by atoms with Crippen molar-refractivity contribution in [3.63, 3.8) is 0 Å². The Bertz CT molecular complexity index is 1110. The molecule has 0 spiro atoms. The molecule has 1 atom stereocenters. The zero-order valence-corrected chi connectivity index (χ0v) is 18.2. The molecule has 1 aromatic heterocycles. The molecule has 3 aromatic rings. The standard InChI is InChI=1S/C25H27N3O3/c1-27(2)24(29)21-14-9-15-28(21)16-20-23(25(30)31-3)22(17-10-5-4-6-11-17)18-12-7-8-13-19(18)26-20/h4-8,10-13,21H,9,14-16H2,1-3H3. The Hall–Kier alpha value is -3.25. The first-order chi connectivity index (χ1) is 15.0. The van der Waals surface area contributed by atoms with Gasteiger partial charge in [0.1, 0.15) is 0 Å². The first-order valence-corrected chi connectivity index (χ1v) is 10.5. The van der Waals surface area contributed by atoms with Crippen LogP contribution in [0.25, 0.3) is 22.0 Å². The van der Waals surface area contributed by atoms with E-state index in [1.165, 1.54) is 7.11 Å². The fourth-order valence-corrected chi connectivity index (χ4v) is 4.39. The van der Waals surface area contributed by atoms with Gasteiger partial charge in [-0.1, -0.05) is 48.5 Å². The second-order valence-electron chi connectivity index (χ2n) is 8.04. The molecule has 1 amide bonds. The monoisotopic (exact) mass is 417 g/mol. The lowest BCUT2D eigenvalue weighted by atomic mass is 9.93. The third-order valence-corrected chi connectivity index (χ3v) is 5.86. The summed E-state index contributed by atoms with van der Waals surface area (Å²) in [6.45, 7) is 1.21. The Balaban J connectivity index is 1.89. The van der Waals surface area contributed by atoms with Crippen molar-refractivity contribution in [2.24, 2.45) is 0 Å². The molecule has 0 saturated carbocycles. The minimum atomic E-state index is -0.415. The zero-order valence-electron chi connectivity index (χ0n) is 18.2. The lowest BCUT2D eigenvalue weighted by Crippen LogP contribution is -2.42. The second kappa shape index (κ2) is 8.86. The highest BCUT2D eigenvalue weighted by Gasteiger charge is 2.33. The molecule has 1 fully saturated rings. The number of methoxy groups -OCH3 is 1. The summed E-state index contributed by atoms with van der Waals surface area (Å²) in [4.78, 5) is 34.3. The Morgan fingerprint density at radius 3 is 2.52 bits per heavy atom. The SMILES string of the molecule is COC(=O)c1c(CN2CCCC2C(=O)N(C)C)nc2ccccc2c1-c1ccccc1. The van der Waals surface area contributed by atoms with Crippen LogP contribution >= 0.6 is 0 Å². The van der Waals surface area contributed by atoms with Gasteiger partial charge < -0.3 is 9.64 Å². The summed E-state index contributed by atoms with van der Waals surface area (Å²) < 4.78 is 5.19. The smallest absolute Gasteiger partial charge is 0.340 e. The van der Waals surface area contributed by atoms with E-state index < -0.39 is 5.97 Å². The summed E-state index contributed by atoms with van der Waals surface area (Å²) in [6.07, 6.45) is 1.75. The fourth-order valence-electron chi connectivity index (χ4n) is 4.39. The third-order valence-electron chi connectivity index (χ3n) is 5.86. The number of nitrogens with zero attached hydrogens (tertiary/aromatic N) is 3. The molecule has 6 heteroatoms. The van der Waals surface area contributed by atoms with Crippen molar-refractivity contribution < 1.29 is 14.3 Å². The van der Waals surface area contributed by atoms with E-state index in [-0.39, 0.29) is 11.9 Å². The first kappa shape index (κ1) is 21.0. The maximum Gasteiger partial charge on any atom is 0.340 e. The Morgan fingerprint density at radius 2 is 1.81 bits per heavy atom. The van der Waals surface area contributed by atoms with Gasteiger partial charge in [0.05, 0.1) is 29.9 Å². The minimum absolute atomic E-state index is 0.0844. The number of ether oxygens (including phenoxy) is 1. The molecular weight excluding hydrogens is 390 g/mol. The highest BCUT2D eigenvalue weighted by Crippen LogP contribution is 2.35. The van der Waals surface area contributed by atoms with Gasteiger partial charge in [0.2, 0.25) is 5.91 Å². The van der Waals surface area contributed by atoms with Crippen molar-refractivity contribution in [2.45, 2.75) is 25.4 Å². The van der Waals surface area contributed by atoms with Gasteiger partial charge in [0.25, 0.3) is 0 Å². The number of para-hydroxylation sites is 1. The number of benzene rings is 2. The maximum atomic E-state index is 13.0. The van der Waals surface area contributed by atoms with Crippen molar-refractivity contribution in [3.05, 3.63) is 65.9 Å². The highest BCUT2D eigenvalue weighted by atomic mass is 16.5. The molecule has 31 heavy (non-hydrogen) atoms. The van der Waals surface area contributed by atoms with Gasteiger partial charge in [-0.25, -0.2) is 4.79 Å². The summed E-state index contributed by atoms with van der Waals surface area (Å²) >= 11 is 0. The van der Waals surface area contributed by atoms with Crippen molar-refractivity contribution in [3.8, 4) is 11.1 Å². The molecule has 0 bridgehead atoms. The number of likely N-dealkylation sites (N-methyl/N-ethyl adjacent to an activating group) is 1. The number of fused-ring (bicyclic) bond motifs is 1. The third kappa shape index (κ3) is 4.03. The number of likely N-dealkylation sites (tertiary alicyclic amines) is 1. The average Bonchev–Trinajstić information content (AvgIpc) is 3.25. The molecule has 1 saturated heterocycles. The fraction of sp³-hybridized carbons (Fsp3) is 0.320. The van der Waals surface area contributed by atoms with Crippen LogP contribution in [0.3, 0.4) is 0 Å². The molecule has 4 rings (SSSR count). The quantitative estimate of drug-likeness (QED) is 0.592. The van der Waals surface area contributed by atoms with Gasteiger partial charge in [0, 0.05) is 31.6 Å². The number of aromatic nitrogens is 1. The van der Waals surface area contributed by atoms with Crippen molar-refractivity contribution in [2.75, 3.05) is 27.7 Å². The van der Waals surface area contributed by atoms with Crippen molar-refractivity contribution >= 4 is 22.8 Å². The van der Waals surface area contributed by atoms with Crippen LogP contribution in [-0.2, 0) is 16.1 Å². The Morgan fingerprint density at radius 1 is 1.10 bits per heavy atom. The van der Waals surface area contributed by atoms with Gasteiger partial charge >= 0.3 is 5.97 Å². The number of esters is 1. The number of hydrogen-bond acceptors (Lipinski definition) is 5. The number of amides is 1. The second-order valence-corrected chi connectivity index (χ2v) is 8.04. The molecule has 160 valence electrons. The largest absolute Gasteiger partial charge is 0.465 e. The lowest BCUT2D eigenvalue weighted by Gasteiger charge is -2.27. The molecule has 2 aromatic carbocycles. The molecular formula is C25H27N3O3. The normalized spacial score (nSPS) is 16.4. The zero-order chi connectivity index (χ0) is 22.0. The van der Waals surface area contributed by atoms with E-state index in [1.54, 1.807) is 19.0 Å². The van der Waals surface area contributed by atoms with E-state index in [9.17, 15) is 9.59 Å². The predicted molar refractivity (Wildman–Crippen MR) is 121 cm³/mol. The summed E-state index contributed by atoms with van der Waals surface area (Å²) in [7, 11) is 4.95. The number of hydrogen-bond donors (Lipinski definition) is 0. The van der Waals surface area contributed by atoms with Crippen LogP contribution in [-0.4, -0.2) is 60.5 Å². The van der Waals surface area contributed by atoms with E-state index in [4.69, 9.17) is 9.72 Å². The van der Waals surface area contributed by atoms with E-state index in [0.29, 0.717) is 17.8 Å². The average molecular weight is 418 g/mol. The van der Waals surface area contributed by atoms with Crippen LogP contribution in [0.4, 0.5) is 0 Å². The topological polar surface area (TPSA) is 62.7 Å². The minimum Gasteiger partial charge on any atom is -0.465 e. The van der Waals surface area contributed by atoms with Gasteiger partial charge in [-0.3, -0.25) is 14.7 Å². The summed E-state index contributed by atoms with van der Waals surface area (Å²) in [5.41, 5.74) is 3.68. The Kier molecular flexibility index (Phi) is 6.00. The number of carbonyl (C=O) groups is 2. The summed E-state index contributed by atoms with van der Waals surface area (Å²) in [6, 6.07) is 17.5. The molecule has 1 aliphatic heterocycles. The van der Waals surface area contributed by atoms with Crippen LogP contribution in [0.15, 0.2) is 54.6 Å². The lowest BCUT2D eigenvalue weighted by molar-refractivity contribution is -0.133. The van der Waals surface area contributed by atoms with Crippen molar-refractivity contribution in [1.29, 1.82) is 0 Å². The number of pyridine rings is 1. The number of rotatable bonds is 5. The van der Waals surface area contributed by atoms with Crippen molar-refractivity contribution in [1.82, 2.24) is 14.8 Å². The van der Waals surface area contributed by atoms with Crippen LogP contribution in [0.2, 0.25) is 0 Å². The van der Waals surface area contributed by atoms with Gasteiger partial charge in [0.15, 0.2) is 0 Å². The van der Waals surface area contributed by atoms with E-state index in [1.807, 2.05) is 54.6 Å². The predicted octanol–water partition coefficient (Wildman–Crippen LogP) is 3.74. The van der Waals surface area contributed by atoms with Crippen LogP contribution in [0, 0.1) is 0 Å². The molecule has 0 radical (unpaired) electrons. The number of carbonyl (C=O) groups excluding carboxylic acids is 2. The van der Waals surface area contributed by atoms with Gasteiger partial charge in [-0.15, -0.1) is 0 Å². The van der Waals surface area contributed by atoms with E-state index in [0.717, 1.165) is 41.4 Å². The van der Waals surface area contributed by atoms with E-state index in [2.05, 4.69) is 4.90 Å². The Labute approximate surface area is 182 Å². The van der Waals surface area contributed by atoms with E-state index >= 15 is 0 Å². The molecule has 0 N–H and O–H groups in total. The molecule has 1 aliphatic rings. The molecule has 0 aliphatic carbocycles. The van der Waals surface area contributed by atoms with Crippen LogP contribution < -0.4 is 0 Å². The molecule has 1 unspecified atom stereocenters. The summed E-state index contributed by atoms with van der Waals surface area (Å²) in [5.74, 6) is -0.331.